The van der Waals surface area contributed by atoms with Gasteiger partial charge in [-0.1, -0.05) is 24.3 Å². The van der Waals surface area contributed by atoms with Crippen molar-refractivity contribution in [1.29, 1.82) is 0 Å². The van der Waals surface area contributed by atoms with Crippen molar-refractivity contribution in [3.63, 3.8) is 0 Å². The van der Waals surface area contributed by atoms with E-state index in [0.29, 0.717) is 17.0 Å². The van der Waals surface area contributed by atoms with Gasteiger partial charge in [-0.05, 0) is 30.5 Å². The van der Waals surface area contributed by atoms with E-state index in [0.717, 1.165) is 4.90 Å². The smallest absolute Gasteiger partial charge is 0.306 e. The number of carbonyl (C=O) groups is 3. The van der Waals surface area contributed by atoms with Gasteiger partial charge in [-0.2, -0.15) is 0 Å². The number of carbonyl (C=O) groups excluding carboxylic acids is 3. The number of esters is 1. The fraction of sp³-hybridized carbons (Fsp3) is 0.250. The number of Topliss-reactive ketones (excluding diaryl/α,β-unsaturated/α-hetero) is 1. The van der Waals surface area contributed by atoms with Gasteiger partial charge in [0.15, 0.2) is 12.4 Å². The Bertz CT molecular complexity index is 804. The topological polar surface area (TPSA) is 81.7 Å². The number of para-hydroxylation sites is 2. The van der Waals surface area contributed by atoms with Crippen LogP contribution in [0.15, 0.2) is 53.4 Å². The average Bonchev–Trinajstić information content (AvgIpc) is 2.71. The van der Waals surface area contributed by atoms with E-state index < -0.39 is 18.5 Å². The van der Waals surface area contributed by atoms with Crippen molar-refractivity contribution in [1.82, 2.24) is 0 Å². The van der Waals surface area contributed by atoms with Crippen LogP contribution in [0.5, 0.6) is 5.75 Å². The number of nitrogens with one attached hydrogen (secondary N) is 1. The number of ketones is 1. The number of thioether (sulfide) groups is 1. The fourth-order valence-electron chi connectivity index (χ4n) is 2.29. The summed E-state index contributed by atoms with van der Waals surface area (Å²) < 4.78 is 10.1. The Hall–Kier alpha value is -2.80. The molecule has 0 heterocycles. The Morgan fingerprint density at radius 2 is 1.70 bits per heavy atom. The van der Waals surface area contributed by atoms with E-state index in [1.54, 1.807) is 48.2 Å². The largest absolute Gasteiger partial charge is 0.495 e. The normalized spacial score (nSPS) is 10.1. The van der Waals surface area contributed by atoms with Gasteiger partial charge in [0.25, 0.3) is 5.91 Å². The van der Waals surface area contributed by atoms with Crippen LogP contribution in [0.25, 0.3) is 0 Å². The summed E-state index contributed by atoms with van der Waals surface area (Å²) >= 11 is 1.59. The Morgan fingerprint density at radius 3 is 2.37 bits per heavy atom. The van der Waals surface area contributed by atoms with Crippen molar-refractivity contribution >= 4 is 35.1 Å². The number of rotatable bonds is 9. The molecule has 27 heavy (non-hydrogen) atoms. The van der Waals surface area contributed by atoms with Gasteiger partial charge in [-0.15, -0.1) is 11.8 Å². The molecule has 0 radical (unpaired) electrons. The molecular weight excluding hydrogens is 366 g/mol. The van der Waals surface area contributed by atoms with Crippen molar-refractivity contribution in [2.75, 3.05) is 25.3 Å². The number of methoxy groups -OCH3 is 1. The Morgan fingerprint density at radius 1 is 1.00 bits per heavy atom. The molecule has 6 nitrogen and oxygen atoms in total. The van der Waals surface area contributed by atoms with Crippen LogP contribution in [0.3, 0.4) is 0 Å². The minimum atomic E-state index is -0.598. The third-order valence-electron chi connectivity index (χ3n) is 3.71. The summed E-state index contributed by atoms with van der Waals surface area (Å²) in [6.07, 6.45) is 1.91. The third-order valence-corrected chi connectivity index (χ3v) is 4.46. The molecule has 142 valence electrons. The first-order chi connectivity index (χ1) is 13.0. The van der Waals surface area contributed by atoms with Crippen LogP contribution >= 0.6 is 11.8 Å². The number of amides is 1. The van der Waals surface area contributed by atoms with Crippen LogP contribution in [0, 0.1) is 0 Å². The Labute approximate surface area is 162 Å². The number of hydrogen-bond donors (Lipinski definition) is 1. The number of benzene rings is 2. The number of anilines is 1. The van der Waals surface area contributed by atoms with Gasteiger partial charge in [0, 0.05) is 16.9 Å². The minimum absolute atomic E-state index is 0.0333. The van der Waals surface area contributed by atoms with Crippen molar-refractivity contribution in [2.45, 2.75) is 17.7 Å². The summed E-state index contributed by atoms with van der Waals surface area (Å²) in [5.41, 5.74) is 1.04. The van der Waals surface area contributed by atoms with Crippen molar-refractivity contribution in [3.8, 4) is 5.75 Å². The van der Waals surface area contributed by atoms with Crippen LogP contribution < -0.4 is 10.1 Å². The van der Waals surface area contributed by atoms with Crippen molar-refractivity contribution < 1.29 is 23.9 Å². The summed E-state index contributed by atoms with van der Waals surface area (Å²) in [7, 11) is 1.50. The summed E-state index contributed by atoms with van der Waals surface area (Å²) in [5, 5.41) is 2.61. The van der Waals surface area contributed by atoms with Gasteiger partial charge in [-0.3, -0.25) is 14.4 Å². The highest BCUT2D eigenvalue weighted by atomic mass is 32.2. The maximum absolute atomic E-state index is 12.1. The van der Waals surface area contributed by atoms with Gasteiger partial charge >= 0.3 is 5.97 Å². The van der Waals surface area contributed by atoms with Crippen LogP contribution in [0.1, 0.15) is 23.2 Å². The van der Waals surface area contributed by atoms with Gasteiger partial charge < -0.3 is 14.8 Å². The van der Waals surface area contributed by atoms with Crippen LogP contribution in [0.2, 0.25) is 0 Å². The lowest BCUT2D eigenvalue weighted by Gasteiger charge is -2.10. The quantitative estimate of drug-likeness (QED) is 0.402. The average molecular weight is 387 g/mol. The lowest BCUT2D eigenvalue weighted by Crippen LogP contribution is -2.21. The predicted molar refractivity (Wildman–Crippen MR) is 104 cm³/mol. The molecule has 0 saturated carbocycles. The van der Waals surface area contributed by atoms with E-state index in [4.69, 9.17) is 9.47 Å². The lowest BCUT2D eigenvalue weighted by molar-refractivity contribution is -0.147. The second-order valence-corrected chi connectivity index (χ2v) is 6.44. The van der Waals surface area contributed by atoms with Crippen LogP contribution in [-0.2, 0) is 14.3 Å². The monoisotopic (exact) mass is 387 g/mol. The first kappa shape index (κ1) is 20.5. The molecule has 0 saturated heterocycles. The molecule has 0 aliphatic heterocycles. The molecule has 0 bridgehead atoms. The Kier molecular flexibility index (Phi) is 7.88. The molecule has 0 fully saturated rings. The van der Waals surface area contributed by atoms with Gasteiger partial charge in [0.05, 0.1) is 19.2 Å². The van der Waals surface area contributed by atoms with E-state index in [1.165, 1.54) is 7.11 Å². The summed E-state index contributed by atoms with van der Waals surface area (Å²) in [6, 6.07) is 14.1. The van der Waals surface area contributed by atoms with E-state index in [9.17, 15) is 14.4 Å². The zero-order chi connectivity index (χ0) is 19.6. The van der Waals surface area contributed by atoms with Crippen LogP contribution in [-0.4, -0.2) is 37.6 Å². The molecule has 0 aliphatic rings. The zero-order valence-corrected chi connectivity index (χ0v) is 16.0. The van der Waals surface area contributed by atoms with Gasteiger partial charge in [-0.25, -0.2) is 0 Å². The SMILES string of the molecule is COc1ccccc1NC(=O)COC(=O)CCC(=O)c1ccc(SC)cc1. The summed E-state index contributed by atoms with van der Waals surface area (Å²) in [5.74, 6) is -0.709. The van der Waals surface area contributed by atoms with Gasteiger partial charge in [0.1, 0.15) is 5.75 Å². The highest BCUT2D eigenvalue weighted by Crippen LogP contribution is 2.22. The molecule has 1 amide bonds. The number of ether oxygens (including phenoxy) is 2. The Balaban J connectivity index is 1.75. The fourth-order valence-corrected chi connectivity index (χ4v) is 2.70. The molecule has 7 heteroatoms. The molecule has 0 atom stereocenters. The zero-order valence-electron chi connectivity index (χ0n) is 15.2. The third kappa shape index (κ3) is 6.45. The second kappa shape index (κ2) is 10.4. The van der Waals surface area contributed by atoms with Crippen molar-refractivity contribution in [2.24, 2.45) is 0 Å². The van der Waals surface area contributed by atoms with E-state index in [2.05, 4.69) is 5.32 Å². The van der Waals surface area contributed by atoms with E-state index in [-0.39, 0.29) is 18.6 Å². The van der Waals surface area contributed by atoms with Crippen LogP contribution in [0.4, 0.5) is 5.69 Å². The number of hydrogen-bond acceptors (Lipinski definition) is 6. The maximum atomic E-state index is 12.1. The molecule has 0 unspecified atom stereocenters. The molecule has 0 spiro atoms. The summed E-state index contributed by atoms with van der Waals surface area (Å²) in [6.45, 7) is -0.423. The maximum Gasteiger partial charge on any atom is 0.306 e. The van der Waals surface area contributed by atoms with E-state index in [1.807, 2.05) is 18.4 Å². The second-order valence-electron chi connectivity index (χ2n) is 5.56. The highest BCUT2D eigenvalue weighted by Gasteiger charge is 2.13. The molecule has 1 N–H and O–H groups in total. The first-order valence-electron chi connectivity index (χ1n) is 8.29. The van der Waals surface area contributed by atoms with Crippen molar-refractivity contribution in [3.05, 3.63) is 54.1 Å². The molecule has 2 rings (SSSR count). The minimum Gasteiger partial charge on any atom is -0.495 e. The molecule has 2 aromatic carbocycles. The molecular formula is C20H21NO5S. The highest BCUT2D eigenvalue weighted by molar-refractivity contribution is 7.98. The first-order valence-corrected chi connectivity index (χ1v) is 9.51. The molecule has 2 aromatic rings. The summed E-state index contributed by atoms with van der Waals surface area (Å²) in [4.78, 5) is 36.8. The van der Waals surface area contributed by atoms with Gasteiger partial charge in [0.2, 0.25) is 0 Å². The molecule has 0 aromatic heterocycles. The lowest BCUT2D eigenvalue weighted by atomic mass is 10.1. The molecule has 0 aliphatic carbocycles. The standard InChI is InChI=1S/C20H21NO5S/c1-25-18-6-4-3-5-16(18)21-19(23)13-26-20(24)12-11-17(22)14-7-9-15(27-2)10-8-14/h3-10H,11-13H2,1-2H3,(H,21,23). The van der Waals surface area contributed by atoms with E-state index >= 15 is 0 Å². The predicted octanol–water partition coefficient (Wildman–Crippen LogP) is 3.56.